The maximum Gasteiger partial charge on any atom is 0.264 e. The first-order valence-corrected chi connectivity index (χ1v) is 22.8. The summed E-state index contributed by atoms with van der Waals surface area (Å²) in [7, 11) is -0.811. The van der Waals surface area contributed by atoms with Gasteiger partial charge < -0.3 is 24.4 Å². The topological polar surface area (TPSA) is 112 Å². The van der Waals surface area contributed by atoms with Crippen LogP contribution in [0.15, 0.2) is 108 Å². The molecule has 8 rings (SSSR count). The van der Waals surface area contributed by atoms with Crippen molar-refractivity contribution in [2.75, 3.05) is 30.2 Å². The number of carbonyl (C=O) groups excluding carboxylic acids is 3. The van der Waals surface area contributed by atoms with E-state index in [1.165, 1.54) is 10.2 Å². The number of anilines is 2. The van der Waals surface area contributed by atoms with Crippen LogP contribution in [0.5, 0.6) is 5.75 Å². The van der Waals surface area contributed by atoms with Crippen LogP contribution in [0, 0.1) is 5.92 Å². The number of para-hydroxylation sites is 1. The zero-order valence-corrected chi connectivity index (χ0v) is 33.6. The van der Waals surface area contributed by atoms with E-state index in [4.69, 9.17) is 14.6 Å². The van der Waals surface area contributed by atoms with Crippen LogP contribution in [0.4, 0.5) is 11.4 Å². The van der Waals surface area contributed by atoms with E-state index in [0.29, 0.717) is 25.1 Å². The van der Waals surface area contributed by atoms with E-state index in [0.717, 1.165) is 46.7 Å². The highest BCUT2D eigenvalue weighted by Gasteiger charge is 2.66. The van der Waals surface area contributed by atoms with Crippen LogP contribution in [0.25, 0.3) is 0 Å². The molecule has 0 bridgehead atoms. The molecule has 0 aliphatic carbocycles. The van der Waals surface area contributed by atoms with Gasteiger partial charge in [-0.15, -0.1) is 0 Å². The predicted molar refractivity (Wildman–Crippen MR) is 220 cm³/mol. The smallest absolute Gasteiger partial charge is 0.264 e. The summed E-state index contributed by atoms with van der Waals surface area (Å²) in [5, 5.41) is 17.5. The number of carbonyl (C=O) groups is 3. The summed E-state index contributed by atoms with van der Waals surface area (Å²) in [5.74, 6) is 0.236. The lowest BCUT2D eigenvalue weighted by molar-refractivity contribution is -0.150. The van der Waals surface area contributed by atoms with E-state index in [1.807, 2.05) is 101 Å². The minimum atomic E-state index is -2.47. The van der Waals surface area contributed by atoms with Gasteiger partial charge in [0, 0.05) is 30.9 Å². The Bertz CT molecular complexity index is 2160. The second kappa shape index (κ2) is 15.1. The summed E-state index contributed by atoms with van der Waals surface area (Å²) < 4.78 is 12.7. The SMILES string of the molecule is COc1ccc([Si](C)(C)[C@H]2[C@H](CC(=O)N3CCC[C@H]3CO)O[C@@]3(C(=O)N(Cc4cccc(N5N=C(c6ccccc6)CCC5=O)c4)c4ccccc43)[C@@H]2C)cc1. The molecule has 3 amide bonds. The van der Waals surface area contributed by atoms with Gasteiger partial charge in [-0.2, -0.15) is 5.10 Å². The van der Waals surface area contributed by atoms with E-state index in [2.05, 4.69) is 32.2 Å². The Morgan fingerprint density at radius 3 is 2.46 bits per heavy atom. The monoisotopic (exact) mass is 770 g/mol. The molecule has 0 radical (unpaired) electrons. The molecular weight excluding hydrogens is 721 g/mol. The number of nitrogens with zero attached hydrogens (tertiary/aromatic N) is 4. The average Bonchev–Trinajstić information content (AvgIpc) is 3.89. The molecule has 5 atom stereocenters. The molecule has 4 heterocycles. The molecule has 1 N–H and O–H groups in total. The molecule has 290 valence electrons. The second-order valence-electron chi connectivity index (χ2n) is 16.1. The first kappa shape index (κ1) is 37.8. The third kappa shape index (κ3) is 6.45. The van der Waals surface area contributed by atoms with Crippen molar-refractivity contribution in [2.24, 2.45) is 11.0 Å². The number of amides is 3. The zero-order chi connectivity index (χ0) is 39.2. The first-order chi connectivity index (χ1) is 27.1. The first-order valence-electron chi connectivity index (χ1n) is 19.8. The van der Waals surface area contributed by atoms with Gasteiger partial charge in [0.25, 0.3) is 5.91 Å². The van der Waals surface area contributed by atoms with Crippen molar-refractivity contribution in [3.05, 3.63) is 120 Å². The Hall–Kier alpha value is -5.10. The average molecular weight is 771 g/mol. The number of ether oxygens (including phenoxy) is 2. The van der Waals surface area contributed by atoms with Crippen LogP contribution < -0.4 is 19.8 Å². The highest BCUT2D eigenvalue weighted by Crippen LogP contribution is 2.60. The summed E-state index contributed by atoms with van der Waals surface area (Å²) in [6.07, 6.45) is 2.16. The lowest BCUT2D eigenvalue weighted by atomic mass is 9.82. The van der Waals surface area contributed by atoms with Crippen LogP contribution in [-0.2, 0) is 31.3 Å². The van der Waals surface area contributed by atoms with Crippen molar-refractivity contribution < 1.29 is 29.0 Å². The molecular formula is C45H50N4O6Si. The number of rotatable bonds is 10. The normalized spacial score (nSPS) is 24.9. The maximum atomic E-state index is 15.3. The van der Waals surface area contributed by atoms with Gasteiger partial charge in [-0.3, -0.25) is 14.4 Å². The van der Waals surface area contributed by atoms with Crippen molar-refractivity contribution in [2.45, 2.75) is 82.0 Å². The molecule has 1 spiro atoms. The van der Waals surface area contributed by atoms with Crippen molar-refractivity contribution in [3.63, 3.8) is 0 Å². The minimum Gasteiger partial charge on any atom is -0.497 e. The van der Waals surface area contributed by atoms with Gasteiger partial charge in [0.2, 0.25) is 11.8 Å². The van der Waals surface area contributed by atoms with Crippen LogP contribution in [0.1, 0.15) is 55.7 Å². The zero-order valence-electron chi connectivity index (χ0n) is 32.6. The molecule has 2 saturated heterocycles. The Morgan fingerprint density at radius 2 is 1.71 bits per heavy atom. The van der Waals surface area contributed by atoms with Gasteiger partial charge in [0.15, 0.2) is 5.60 Å². The van der Waals surface area contributed by atoms with Gasteiger partial charge >= 0.3 is 0 Å². The molecule has 56 heavy (non-hydrogen) atoms. The number of likely N-dealkylation sites (tertiary alicyclic amines) is 1. The predicted octanol–water partition coefficient (Wildman–Crippen LogP) is 6.36. The third-order valence-electron chi connectivity index (χ3n) is 12.7. The van der Waals surface area contributed by atoms with Crippen LogP contribution in [-0.4, -0.2) is 73.9 Å². The van der Waals surface area contributed by atoms with Crippen molar-refractivity contribution in [3.8, 4) is 5.75 Å². The number of aliphatic hydroxyl groups is 1. The van der Waals surface area contributed by atoms with Gasteiger partial charge in [-0.1, -0.05) is 98.0 Å². The highest BCUT2D eigenvalue weighted by atomic mass is 28.3. The fourth-order valence-corrected chi connectivity index (χ4v) is 13.8. The lowest BCUT2D eigenvalue weighted by Gasteiger charge is -2.37. The Labute approximate surface area is 329 Å². The van der Waals surface area contributed by atoms with Crippen molar-refractivity contribution >= 4 is 48.1 Å². The molecule has 0 aromatic heterocycles. The molecule has 11 heteroatoms. The summed E-state index contributed by atoms with van der Waals surface area (Å²) in [5.41, 5.74) is 3.53. The fourth-order valence-electron chi connectivity index (χ4n) is 9.83. The molecule has 0 saturated carbocycles. The van der Waals surface area contributed by atoms with Crippen molar-refractivity contribution in [1.29, 1.82) is 0 Å². The summed E-state index contributed by atoms with van der Waals surface area (Å²) in [4.78, 5) is 46.2. The van der Waals surface area contributed by atoms with Crippen LogP contribution in [0.2, 0.25) is 18.6 Å². The van der Waals surface area contributed by atoms with E-state index >= 15 is 4.79 Å². The van der Waals surface area contributed by atoms with Crippen molar-refractivity contribution in [1.82, 2.24) is 4.90 Å². The number of hydrogen-bond acceptors (Lipinski definition) is 7. The molecule has 2 fully saturated rings. The molecule has 4 aromatic carbocycles. The molecule has 4 aliphatic heterocycles. The van der Waals surface area contributed by atoms with E-state index in [-0.39, 0.29) is 54.8 Å². The maximum absolute atomic E-state index is 15.3. The number of benzene rings is 4. The number of hydrogen-bond donors (Lipinski definition) is 1. The standard InChI is InChI=1S/C45H50N4O6Si/c1-30-43(56(3,4)36-21-19-35(54-2)20-22-36)40(27-42(52)47-25-11-16-34(47)29-50)55-45(30)37-17-8-9-18-39(37)48(44(45)53)28-31-12-10-15-33(26-31)49-41(51)24-23-38(46-49)32-13-6-5-7-14-32/h5-10,12-15,17-22,26,30,34,40,43,50H,11,16,23-25,27-29H2,1-4H3/t30-,34+,40+,43-,45+/m1/s1. The van der Waals surface area contributed by atoms with Gasteiger partial charge in [0.05, 0.1) is 64.0 Å². The van der Waals surface area contributed by atoms with Crippen LogP contribution in [0.3, 0.4) is 0 Å². The van der Waals surface area contributed by atoms with Crippen LogP contribution >= 0.6 is 0 Å². The Kier molecular flexibility index (Phi) is 10.2. The van der Waals surface area contributed by atoms with E-state index in [9.17, 15) is 14.7 Å². The summed E-state index contributed by atoms with van der Waals surface area (Å²) >= 11 is 0. The number of methoxy groups -OCH3 is 1. The van der Waals surface area contributed by atoms with Gasteiger partial charge in [-0.25, -0.2) is 5.01 Å². The largest absolute Gasteiger partial charge is 0.497 e. The molecule has 4 aliphatic rings. The van der Waals surface area contributed by atoms with Gasteiger partial charge in [0.1, 0.15) is 5.75 Å². The minimum absolute atomic E-state index is 0.0435. The Balaban J connectivity index is 1.14. The second-order valence-corrected chi connectivity index (χ2v) is 20.8. The molecule has 4 aromatic rings. The third-order valence-corrected chi connectivity index (χ3v) is 17.0. The molecule has 10 nitrogen and oxygen atoms in total. The number of aliphatic hydroxyl groups excluding tert-OH is 1. The summed E-state index contributed by atoms with van der Waals surface area (Å²) in [6.45, 7) is 7.55. The highest BCUT2D eigenvalue weighted by molar-refractivity contribution is 6.91. The summed E-state index contributed by atoms with van der Waals surface area (Å²) in [6, 6.07) is 33.5. The lowest BCUT2D eigenvalue weighted by Crippen LogP contribution is -2.52. The molecule has 0 unspecified atom stereocenters. The Morgan fingerprint density at radius 1 is 0.964 bits per heavy atom. The quantitative estimate of drug-likeness (QED) is 0.188. The number of hydrazone groups is 1. The van der Waals surface area contributed by atoms with E-state index < -0.39 is 19.8 Å². The number of fused-ring (bicyclic) bond motifs is 2. The van der Waals surface area contributed by atoms with Gasteiger partial charge in [-0.05, 0) is 59.8 Å². The van der Waals surface area contributed by atoms with E-state index in [1.54, 1.807) is 7.11 Å². The fraction of sp³-hybridized carbons (Fsp3) is 0.378.